The topological polar surface area (TPSA) is 45.8 Å². The zero-order valence-corrected chi connectivity index (χ0v) is 13.9. The highest BCUT2D eigenvalue weighted by molar-refractivity contribution is 5.37. The fraction of sp³-hybridized carbons (Fsp3) is 0.647. The van der Waals surface area contributed by atoms with E-state index in [0.29, 0.717) is 0 Å². The number of rotatable bonds is 9. The van der Waals surface area contributed by atoms with Gasteiger partial charge in [-0.1, -0.05) is 12.1 Å². The summed E-state index contributed by atoms with van der Waals surface area (Å²) in [5.41, 5.74) is 2.53. The Kier molecular flexibility index (Phi) is 7.66. The third-order valence-electron chi connectivity index (χ3n) is 3.98. The summed E-state index contributed by atoms with van der Waals surface area (Å²) in [4.78, 5) is 2.48. The van der Waals surface area contributed by atoms with Crippen molar-refractivity contribution < 1.29 is 9.47 Å². The van der Waals surface area contributed by atoms with Crippen LogP contribution in [-0.4, -0.2) is 58.5 Å². The van der Waals surface area contributed by atoms with Crippen LogP contribution < -0.4 is 15.4 Å². The average Bonchev–Trinajstić information content (AvgIpc) is 2.56. The van der Waals surface area contributed by atoms with Gasteiger partial charge in [-0.15, -0.1) is 0 Å². The second kappa shape index (κ2) is 9.79. The molecule has 1 heterocycles. The standard InChI is InChI=1S/C17H29N3O2/c1-21-11-3-6-19-13-16-5-4-15(12-17(16)22-2)14-20-9-7-18-8-10-20/h4-5,12,18-19H,3,6-11,13-14H2,1-2H3. The van der Waals surface area contributed by atoms with Gasteiger partial charge < -0.3 is 20.1 Å². The predicted molar refractivity (Wildman–Crippen MR) is 89.3 cm³/mol. The predicted octanol–water partition coefficient (Wildman–Crippen LogP) is 1.23. The monoisotopic (exact) mass is 307 g/mol. The van der Waals surface area contributed by atoms with Crippen molar-refractivity contribution in [2.45, 2.75) is 19.5 Å². The van der Waals surface area contributed by atoms with Crippen LogP contribution in [0.5, 0.6) is 5.75 Å². The summed E-state index contributed by atoms with van der Waals surface area (Å²) in [7, 11) is 3.48. The molecule has 1 aliphatic rings. The van der Waals surface area contributed by atoms with Gasteiger partial charge in [0.05, 0.1) is 7.11 Å². The zero-order chi connectivity index (χ0) is 15.6. The van der Waals surface area contributed by atoms with Gasteiger partial charge in [-0.05, 0) is 24.6 Å². The van der Waals surface area contributed by atoms with Gasteiger partial charge in [0.15, 0.2) is 0 Å². The van der Waals surface area contributed by atoms with Crippen LogP contribution in [0, 0.1) is 0 Å². The van der Waals surface area contributed by atoms with E-state index in [1.807, 2.05) is 0 Å². The quantitative estimate of drug-likeness (QED) is 0.672. The molecule has 124 valence electrons. The van der Waals surface area contributed by atoms with Gasteiger partial charge in [0.1, 0.15) is 5.75 Å². The maximum atomic E-state index is 5.56. The molecule has 1 saturated heterocycles. The highest BCUT2D eigenvalue weighted by Crippen LogP contribution is 2.21. The molecule has 0 aromatic heterocycles. The van der Waals surface area contributed by atoms with Crippen molar-refractivity contribution in [1.29, 1.82) is 0 Å². The molecule has 0 spiro atoms. The van der Waals surface area contributed by atoms with Crippen LogP contribution in [0.4, 0.5) is 0 Å². The lowest BCUT2D eigenvalue weighted by molar-refractivity contribution is 0.194. The van der Waals surface area contributed by atoms with Gasteiger partial charge >= 0.3 is 0 Å². The first kappa shape index (κ1) is 17.2. The van der Waals surface area contributed by atoms with Crippen LogP contribution in [-0.2, 0) is 17.8 Å². The number of benzene rings is 1. The maximum absolute atomic E-state index is 5.56. The number of hydrogen-bond donors (Lipinski definition) is 2. The van der Waals surface area contributed by atoms with Crippen LogP contribution >= 0.6 is 0 Å². The van der Waals surface area contributed by atoms with Crippen LogP contribution in [0.25, 0.3) is 0 Å². The third-order valence-corrected chi connectivity index (χ3v) is 3.98. The molecule has 5 nitrogen and oxygen atoms in total. The van der Waals surface area contributed by atoms with E-state index in [0.717, 1.165) is 64.6 Å². The minimum absolute atomic E-state index is 0.799. The summed E-state index contributed by atoms with van der Waals surface area (Å²) in [5, 5.41) is 6.82. The second-order valence-corrected chi connectivity index (χ2v) is 5.70. The van der Waals surface area contributed by atoms with Gasteiger partial charge in [0, 0.05) is 58.5 Å². The van der Waals surface area contributed by atoms with E-state index in [-0.39, 0.29) is 0 Å². The first-order valence-electron chi connectivity index (χ1n) is 8.12. The van der Waals surface area contributed by atoms with Gasteiger partial charge in [0.25, 0.3) is 0 Å². The molecule has 1 fully saturated rings. The van der Waals surface area contributed by atoms with Gasteiger partial charge in [0.2, 0.25) is 0 Å². The largest absolute Gasteiger partial charge is 0.496 e. The number of nitrogens with zero attached hydrogens (tertiary/aromatic N) is 1. The molecule has 0 unspecified atom stereocenters. The summed E-state index contributed by atoms with van der Waals surface area (Å²) < 4.78 is 10.6. The molecular formula is C17H29N3O2. The van der Waals surface area contributed by atoms with Crippen molar-refractivity contribution in [3.63, 3.8) is 0 Å². The fourth-order valence-corrected chi connectivity index (χ4v) is 2.73. The molecule has 1 aliphatic heterocycles. The average molecular weight is 307 g/mol. The van der Waals surface area contributed by atoms with Crippen LogP contribution in [0.15, 0.2) is 18.2 Å². The van der Waals surface area contributed by atoms with Crippen LogP contribution in [0.1, 0.15) is 17.5 Å². The number of piperazine rings is 1. The molecule has 0 saturated carbocycles. The van der Waals surface area contributed by atoms with E-state index in [2.05, 4.69) is 33.7 Å². The normalized spacial score (nSPS) is 15.9. The van der Waals surface area contributed by atoms with Crippen molar-refractivity contribution in [3.05, 3.63) is 29.3 Å². The zero-order valence-electron chi connectivity index (χ0n) is 13.9. The lowest BCUT2D eigenvalue weighted by Gasteiger charge is -2.27. The smallest absolute Gasteiger partial charge is 0.123 e. The first-order chi connectivity index (χ1) is 10.8. The molecular weight excluding hydrogens is 278 g/mol. The Morgan fingerprint density at radius 1 is 1.23 bits per heavy atom. The number of methoxy groups -OCH3 is 2. The minimum Gasteiger partial charge on any atom is -0.496 e. The molecule has 0 bridgehead atoms. The fourth-order valence-electron chi connectivity index (χ4n) is 2.73. The van der Waals surface area contributed by atoms with E-state index in [1.54, 1.807) is 14.2 Å². The van der Waals surface area contributed by atoms with Crippen LogP contribution in [0.2, 0.25) is 0 Å². The molecule has 1 aromatic carbocycles. The van der Waals surface area contributed by atoms with Crippen molar-refractivity contribution in [1.82, 2.24) is 15.5 Å². The Bertz CT molecular complexity index is 434. The summed E-state index contributed by atoms with van der Waals surface area (Å²) in [5.74, 6) is 0.979. The second-order valence-electron chi connectivity index (χ2n) is 5.70. The molecule has 0 radical (unpaired) electrons. The van der Waals surface area contributed by atoms with E-state index >= 15 is 0 Å². The summed E-state index contributed by atoms with van der Waals surface area (Å²) >= 11 is 0. The van der Waals surface area contributed by atoms with Crippen molar-refractivity contribution in [2.24, 2.45) is 0 Å². The van der Waals surface area contributed by atoms with E-state index in [1.165, 1.54) is 11.1 Å². The first-order valence-corrected chi connectivity index (χ1v) is 8.12. The number of ether oxygens (including phenoxy) is 2. The van der Waals surface area contributed by atoms with Crippen molar-refractivity contribution in [3.8, 4) is 5.75 Å². The van der Waals surface area contributed by atoms with E-state index < -0.39 is 0 Å². The summed E-state index contributed by atoms with van der Waals surface area (Å²) in [6.07, 6.45) is 1.03. The number of nitrogens with one attached hydrogen (secondary N) is 2. The molecule has 2 rings (SSSR count). The lowest BCUT2D eigenvalue weighted by atomic mass is 10.1. The van der Waals surface area contributed by atoms with Crippen LogP contribution in [0.3, 0.4) is 0 Å². The Labute approximate surface area is 134 Å². The van der Waals surface area contributed by atoms with Gasteiger partial charge in [-0.2, -0.15) is 0 Å². The number of hydrogen-bond acceptors (Lipinski definition) is 5. The third kappa shape index (κ3) is 5.57. The van der Waals surface area contributed by atoms with E-state index in [9.17, 15) is 0 Å². The molecule has 0 aliphatic carbocycles. The Balaban J connectivity index is 1.86. The van der Waals surface area contributed by atoms with Crippen molar-refractivity contribution in [2.75, 3.05) is 53.6 Å². The molecule has 0 atom stereocenters. The van der Waals surface area contributed by atoms with E-state index in [4.69, 9.17) is 9.47 Å². The van der Waals surface area contributed by atoms with Crippen molar-refractivity contribution >= 4 is 0 Å². The Hall–Kier alpha value is -1.14. The minimum atomic E-state index is 0.799. The van der Waals surface area contributed by atoms with Gasteiger partial charge in [-0.25, -0.2) is 0 Å². The Morgan fingerprint density at radius 3 is 2.77 bits per heavy atom. The SMILES string of the molecule is COCCCNCc1ccc(CN2CCNCC2)cc1OC. The lowest BCUT2D eigenvalue weighted by Crippen LogP contribution is -2.42. The summed E-state index contributed by atoms with van der Waals surface area (Å²) in [6.45, 7) is 7.99. The summed E-state index contributed by atoms with van der Waals surface area (Å²) in [6, 6.07) is 6.57. The molecule has 22 heavy (non-hydrogen) atoms. The Morgan fingerprint density at radius 2 is 2.05 bits per heavy atom. The molecule has 5 heteroatoms. The highest BCUT2D eigenvalue weighted by atomic mass is 16.5. The molecule has 2 N–H and O–H groups in total. The highest BCUT2D eigenvalue weighted by Gasteiger charge is 2.11. The maximum Gasteiger partial charge on any atom is 0.123 e. The van der Waals surface area contributed by atoms with Gasteiger partial charge in [-0.3, -0.25) is 4.90 Å². The molecule has 0 amide bonds. The molecule has 1 aromatic rings.